The molecule has 0 fully saturated rings. The van der Waals surface area contributed by atoms with Crippen molar-refractivity contribution in [3.63, 3.8) is 0 Å². The van der Waals surface area contributed by atoms with Crippen LogP contribution in [0.15, 0.2) is 82.0 Å². The Labute approximate surface area is 192 Å². The zero-order valence-electron chi connectivity index (χ0n) is 18.0. The molecule has 4 aromatic rings. The van der Waals surface area contributed by atoms with Crippen LogP contribution in [0.25, 0.3) is 11.1 Å². The molecule has 10 nitrogen and oxygen atoms in total. The molecular formula is C24H19N3O7. The Hall–Kier alpha value is -4.73. The lowest BCUT2D eigenvalue weighted by Crippen LogP contribution is -2.29. The van der Waals surface area contributed by atoms with E-state index in [-0.39, 0.29) is 11.4 Å². The Morgan fingerprint density at radius 2 is 1.79 bits per heavy atom. The highest BCUT2D eigenvalue weighted by Gasteiger charge is 2.28. The average molecular weight is 461 g/mol. The molecule has 4 rings (SSSR count). The number of oxazole rings is 1. The topological polar surface area (TPSA) is 134 Å². The van der Waals surface area contributed by atoms with Gasteiger partial charge in [0.05, 0.1) is 10.4 Å². The third-order valence-corrected chi connectivity index (χ3v) is 5.06. The van der Waals surface area contributed by atoms with Crippen LogP contribution in [0.5, 0.6) is 0 Å². The molecular weight excluding hydrogens is 442 g/mol. The maximum absolute atomic E-state index is 13.1. The molecule has 3 aromatic carbocycles. The molecule has 1 heterocycles. The normalized spacial score (nSPS) is 11.7. The molecule has 0 aliphatic rings. The number of nitrogens with zero attached hydrogens (tertiary/aromatic N) is 2. The van der Waals surface area contributed by atoms with Gasteiger partial charge in [-0.25, -0.2) is 4.79 Å². The van der Waals surface area contributed by atoms with E-state index in [1.165, 1.54) is 12.1 Å². The Kier molecular flexibility index (Phi) is 6.22. The van der Waals surface area contributed by atoms with Crippen molar-refractivity contribution in [2.24, 2.45) is 0 Å². The van der Waals surface area contributed by atoms with E-state index >= 15 is 0 Å². The second kappa shape index (κ2) is 9.41. The second-order valence-electron chi connectivity index (χ2n) is 7.47. The predicted octanol–water partition coefficient (Wildman–Crippen LogP) is 3.73. The number of fused-ring (bicyclic) bond motifs is 1. The third kappa shape index (κ3) is 4.70. The summed E-state index contributed by atoms with van der Waals surface area (Å²) < 4.78 is 11.7. The van der Waals surface area contributed by atoms with Gasteiger partial charge in [0.25, 0.3) is 11.6 Å². The molecule has 10 heteroatoms. The van der Waals surface area contributed by atoms with E-state index < -0.39 is 35.2 Å². The molecule has 172 valence electrons. The fraction of sp³-hybridized carbons (Fsp3) is 0.125. The van der Waals surface area contributed by atoms with Gasteiger partial charge in [0, 0.05) is 11.6 Å². The van der Waals surface area contributed by atoms with Crippen molar-refractivity contribution in [3.05, 3.63) is 105 Å². The predicted molar refractivity (Wildman–Crippen MR) is 122 cm³/mol. The summed E-state index contributed by atoms with van der Waals surface area (Å²) in [5, 5.41) is 13.9. The molecule has 1 N–H and O–H groups in total. The van der Waals surface area contributed by atoms with E-state index in [1.54, 1.807) is 67.6 Å². The maximum Gasteiger partial charge on any atom is 0.420 e. The minimum absolute atomic E-state index is 0.0328. The molecule has 0 saturated heterocycles. The molecule has 0 bridgehead atoms. The zero-order chi connectivity index (χ0) is 24.2. The SMILES string of the molecule is Cc1ccc(NC(=O)C(OC(=O)Cn2c(=O)oc3ccccc32)c2ccccc2)c([N+](=O)[O-])c1. The number of esters is 1. The number of aromatic nitrogens is 1. The monoisotopic (exact) mass is 461 g/mol. The number of hydrogen-bond donors (Lipinski definition) is 1. The lowest BCUT2D eigenvalue weighted by atomic mass is 10.1. The smallest absolute Gasteiger partial charge is 0.420 e. The van der Waals surface area contributed by atoms with Crippen molar-refractivity contribution < 1.29 is 23.7 Å². The molecule has 0 aliphatic heterocycles. The van der Waals surface area contributed by atoms with Crippen molar-refractivity contribution in [2.45, 2.75) is 19.6 Å². The second-order valence-corrected chi connectivity index (χ2v) is 7.47. The first kappa shape index (κ1) is 22.5. The number of nitro groups is 1. The van der Waals surface area contributed by atoms with Crippen LogP contribution in [0.3, 0.4) is 0 Å². The van der Waals surface area contributed by atoms with E-state index in [1.807, 2.05) is 0 Å². The van der Waals surface area contributed by atoms with Gasteiger partial charge in [-0.05, 0) is 30.7 Å². The van der Waals surface area contributed by atoms with Gasteiger partial charge in [0.2, 0.25) is 6.10 Å². The summed E-state index contributed by atoms with van der Waals surface area (Å²) in [7, 11) is 0. The van der Waals surface area contributed by atoms with E-state index in [0.717, 1.165) is 4.57 Å². The minimum Gasteiger partial charge on any atom is -0.446 e. The van der Waals surface area contributed by atoms with E-state index in [9.17, 15) is 24.5 Å². The number of aryl methyl sites for hydroxylation is 1. The number of anilines is 1. The van der Waals surface area contributed by atoms with Crippen molar-refractivity contribution >= 4 is 34.4 Å². The first-order valence-electron chi connectivity index (χ1n) is 10.2. The van der Waals surface area contributed by atoms with Crippen molar-refractivity contribution in [2.75, 3.05) is 5.32 Å². The van der Waals surface area contributed by atoms with Gasteiger partial charge in [-0.1, -0.05) is 48.5 Å². The summed E-state index contributed by atoms with van der Waals surface area (Å²) >= 11 is 0. The number of carbonyl (C=O) groups excluding carboxylic acids is 2. The number of hydrogen-bond acceptors (Lipinski definition) is 7. The van der Waals surface area contributed by atoms with Gasteiger partial charge in [-0.15, -0.1) is 0 Å². The van der Waals surface area contributed by atoms with Crippen LogP contribution in [0.1, 0.15) is 17.2 Å². The van der Waals surface area contributed by atoms with E-state index in [4.69, 9.17) is 9.15 Å². The third-order valence-electron chi connectivity index (χ3n) is 5.06. The summed E-state index contributed by atoms with van der Waals surface area (Å²) in [6.45, 7) is 1.20. The summed E-state index contributed by atoms with van der Waals surface area (Å²) in [5.41, 5.74) is 1.39. The Morgan fingerprint density at radius 3 is 2.53 bits per heavy atom. The largest absolute Gasteiger partial charge is 0.446 e. The molecule has 1 unspecified atom stereocenters. The highest BCUT2D eigenvalue weighted by atomic mass is 16.6. The van der Waals surface area contributed by atoms with Crippen LogP contribution in [0, 0.1) is 17.0 Å². The van der Waals surface area contributed by atoms with Crippen molar-refractivity contribution in [1.29, 1.82) is 0 Å². The van der Waals surface area contributed by atoms with Crippen LogP contribution in [-0.4, -0.2) is 21.4 Å². The quantitative estimate of drug-likeness (QED) is 0.252. The minimum atomic E-state index is -1.41. The van der Waals surface area contributed by atoms with Gasteiger partial charge in [-0.3, -0.25) is 24.3 Å². The number of para-hydroxylation sites is 2. The number of nitro benzene ring substituents is 1. The summed E-state index contributed by atoms with van der Waals surface area (Å²) in [6.07, 6.45) is -1.41. The van der Waals surface area contributed by atoms with E-state index in [0.29, 0.717) is 22.2 Å². The van der Waals surface area contributed by atoms with Crippen LogP contribution in [0.4, 0.5) is 11.4 Å². The standard InChI is InChI=1S/C24H19N3O7/c1-15-11-12-17(19(13-15)27(31)32)25-23(29)22(16-7-3-2-4-8-16)34-21(28)14-26-18-9-5-6-10-20(18)33-24(26)30/h2-13,22H,14H2,1H3,(H,25,29). The van der Waals surface area contributed by atoms with Crippen LogP contribution >= 0.6 is 0 Å². The average Bonchev–Trinajstić information content (AvgIpc) is 3.13. The van der Waals surface area contributed by atoms with Crippen molar-refractivity contribution in [1.82, 2.24) is 4.57 Å². The highest BCUT2D eigenvalue weighted by Crippen LogP contribution is 2.28. The fourth-order valence-corrected chi connectivity index (χ4v) is 3.46. The van der Waals surface area contributed by atoms with Gasteiger partial charge in [0.1, 0.15) is 12.2 Å². The number of nitrogens with one attached hydrogen (secondary N) is 1. The molecule has 0 saturated carbocycles. The molecule has 0 aliphatic carbocycles. The lowest BCUT2D eigenvalue weighted by molar-refractivity contribution is -0.384. The maximum atomic E-state index is 13.1. The first-order chi connectivity index (χ1) is 16.3. The zero-order valence-corrected chi connectivity index (χ0v) is 18.0. The van der Waals surface area contributed by atoms with Gasteiger partial charge < -0.3 is 14.5 Å². The van der Waals surface area contributed by atoms with Gasteiger partial charge >= 0.3 is 11.7 Å². The van der Waals surface area contributed by atoms with Crippen LogP contribution in [-0.2, 0) is 20.9 Å². The first-order valence-corrected chi connectivity index (χ1v) is 10.2. The molecule has 1 atom stereocenters. The molecule has 1 amide bonds. The van der Waals surface area contributed by atoms with Crippen LogP contribution < -0.4 is 11.1 Å². The number of amides is 1. The summed E-state index contributed by atoms with van der Waals surface area (Å²) in [5.74, 6) is -2.39. The van der Waals surface area contributed by atoms with E-state index in [2.05, 4.69) is 5.32 Å². The molecule has 0 spiro atoms. The number of carbonyl (C=O) groups is 2. The molecule has 0 radical (unpaired) electrons. The fourth-order valence-electron chi connectivity index (χ4n) is 3.46. The number of benzene rings is 3. The number of rotatable bonds is 7. The summed E-state index contributed by atoms with van der Waals surface area (Å²) in [6, 6.07) is 19.1. The van der Waals surface area contributed by atoms with Crippen molar-refractivity contribution in [3.8, 4) is 0 Å². The summed E-state index contributed by atoms with van der Waals surface area (Å²) in [4.78, 5) is 48.8. The number of ether oxygens (including phenoxy) is 1. The Balaban J connectivity index is 1.60. The lowest BCUT2D eigenvalue weighted by Gasteiger charge is -2.18. The molecule has 34 heavy (non-hydrogen) atoms. The van der Waals surface area contributed by atoms with Gasteiger partial charge in [-0.2, -0.15) is 0 Å². The highest BCUT2D eigenvalue weighted by molar-refractivity contribution is 5.97. The Morgan fingerprint density at radius 1 is 1.09 bits per heavy atom. The van der Waals surface area contributed by atoms with Crippen LogP contribution in [0.2, 0.25) is 0 Å². The molecule has 1 aromatic heterocycles. The Bertz CT molecular complexity index is 1440. The van der Waals surface area contributed by atoms with Gasteiger partial charge in [0.15, 0.2) is 5.58 Å².